The van der Waals surface area contributed by atoms with Crippen LogP contribution in [-0.2, 0) is 4.79 Å². The van der Waals surface area contributed by atoms with E-state index in [1.807, 2.05) is 11.9 Å². The number of hydrogen-bond acceptors (Lipinski definition) is 4. The Morgan fingerprint density at radius 1 is 1.24 bits per heavy atom. The van der Waals surface area contributed by atoms with Crippen LogP contribution < -0.4 is 15.4 Å². The van der Waals surface area contributed by atoms with Crippen LogP contribution in [0.3, 0.4) is 0 Å². The third-order valence-electron chi connectivity index (χ3n) is 5.48. The van der Waals surface area contributed by atoms with Crippen LogP contribution in [0.4, 0.5) is 5.69 Å². The van der Waals surface area contributed by atoms with E-state index in [-0.39, 0.29) is 30.3 Å². The molecule has 3 aliphatic rings. The van der Waals surface area contributed by atoms with Gasteiger partial charge in [0.05, 0.1) is 11.3 Å². The van der Waals surface area contributed by atoms with Gasteiger partial charge in [0.1, 0.15) is 0 Å². The molecule has 1 aromatic carbocycles. The van der Waals surface area contributed by atoms with Crippen LogP contribution >= 0.6 is 12.4 Å². The quantitative estimate of drug-likeness (QED) is 0.842. The molecule has 2 fully saturated rings. The monoisotopic (exact) mass is 365 g/mol. The van der Waals surface area contributed by atoms with Gasteiger partial charge in [-0.2, -0.15) is 0 Å². The lowest BCUT2D eigenvalue weighted by Gasteiger charge is -2.36. The number of amides is 2. The minimum Gasteiger partial charge on any atom is -0.478 e. The molecular formula is C18H24ClN3O3. The molecule has 2 saturated heterocycles. The minimum atomic E-state index is -0.591. The maximum absolute atomic E-state index is 13.1. The summed E-state index contributed by atoms with van der Waals surface area (Å²) in [5.74, 6) is 0.259. The molecule has 0 radical (unpaired) electrons. The van der Waals surface area contributed by atoms with Gasteiger partial charge in [-0.15, -0.1) is 12.4 Å². The number of hydrogen-bond donors (Lipinski definition) is 2. The number of benzene rings is 1. The predicted octanol–water partition coefficient (Wildman–Crippen LogP) is 2.18. The Bertz CT molecular complexity index is 684. The molecule has 3 heterocycles. The van der Waals surface area contributed by atoms with Crippen LogP contribution in [0.5, 0.6) is 5.75 Å². The van der Waals surface area contributed by atoms with Gasteiger partial charge in [0, 0.05) is 25.2 Å². The highest BCUT2D eigenvalue weighted by atomic mass is 35.5. The van der Waals surface area contributed by atoms with Crippen molar-refractivity contribution in [3.63, 3.8) is 0 Å². The molecule has 0 aliphatic carbocycles. The van der Waals surface area contributed by atoms with Gasteiger partial charge in [-0.3, -0.25) is 9.59 Å². The molecule has 2 bridgehead atoms. The third kappa shape index (κ3) is 3.20. The fourth-order valence-corrected chi connectivity index (χ4v) is 4.09. The topological polar surface area (TPSA) is 70.7 Å². The number of piperidine rings is 1. The van der Waals surface area contributed by atoms with Gasteiger partial charge in [0.2, 0.25) is 0 Å². The Morgan fingerprint density at radius 2 is 1.92 bits per heavy atom. The molecule has 2 amide bonds. The molecule has 3 unspecified atom stereocenters. The molecule has 7 heteroatoms. The van der Waals surface area contributed by atoms with Crippen molar-refractivity contribution in [1.82, 2.24) is 10.2 Å². The number of nitrogens with zero attached hydrogens (tertiary/aromatic N) is 1. The zero-order valence-electron chi connectivity index (χ0n) is 14.5. The molecule has 136 valence electrons. The van der Waals surface area contributed by atoms with Crippen molar-refractivity contribution in [3.05, 3.63) is 23.8 Å². The van der Waals surface area contributed by atoms with E-state index >= 15 is 0 Å². The van der Waals surface area contributed by atoms with Gasteiger partial charge in [0.25, 0.3) is 11.8 Å². The summed E-state index contributed by atoms with van der Waals surface area (Å²) in [6.07, 6.45) is 3.82. The van der Waals surface area contributed by atoms with Crippen molar-refractivity contribution in [3.8, 4) is 5.75 Å². The first-order valence-corrected chi connectivity index (χ1v) is 8.66. The molecule has 0 spiro atoms. The highest BCUT2D eigenvalue weighted by Gasteiger charge is 2.37. The van der Waals surface area contributed by atoms with Crippen molar-refractivity contribution in [2.75, 3.05) is 12.4 Å². The lowest BCUT2D eigenvalue weighted by atomic mass is 9.97. The van der Waals surface area contributed by atoms with Crippen LogP contribution in [-0.4, -0.2) is 48.0 Å². The van der Waals surface area contributed by atoms with E-state index in [0.717, 1.165) is 12.8 Å². The number of rotatable bonds is 2. The van der Waals surface area contributed by atoms with E-state index in [2.05, 4.69) is 10.6 Å². The lowest BCUT2D eigenvalue weighted by molar-refractivity contribution is -0.122. The second-order valence-corrected chi connectivity index (χ2v) is 7.11. The first-order valence-electron chi connectivity index (χ1n) is 8.66. The first-order chi connectivity index (χ1) is 11.5. The Kier molecular flexibility index (Phi) is 4.93. The molecule has 0 saturated carbocycles. The van der Waals surface area contributed by atoms with Crippen molar-refractivity contribution >= 4 is 29.9 Å². The van der Waals surface area contributed by atoms with Gasteiger partial charge in [-0.1, -0.05) is 6.07 Å². The number of anilines is 1. The minimum absolute atomic E-state index is 0. The van der Waals surface area contributed by atoms with Crippen LogP contribution in [0.15, 0.2) is 18.2 Å². The molecule has 4 rings (SSSR count). The summed E-state index contributed by atoms with van der Waals surface area (Å²) >= 11 is 0. The number of carbonyl (C=O) groups is 2. The Labute approximate surface area is 153 Å². The highest BCUT2D eigenvalue weighted by Crippen LogP contribution is 2.35. The summed E-state index contributed by atoms with van der Waals surface area (Å²) < 4.78 is 5.72. The summed E-state index contributed by atoms with van der Waals surface area (Å²) in [6, 6.07) is 6.64. The van der Waals surface area contributed by atoms with E-state index < -0.39 is 6.10 Å². The lowest BCUT2D eigenvalue weighted by Crippen LogP contribution is -2.49. The van der Waals surface area contributed by atoms with Crippen LogP contribution in [0.25, 0.3) is 0 Å². The highest BCUT2D eigenvalue weighted by molar-refractivity contribution is 6.04. The normalized spacial score (nSPS) is 29.8. The van der Waals surface area contributed by atoms with Crippen molar-refractivity contribution in [2.45, 2.75) is 56.8 Å². The summed E-state index contributed by atoms with van der Waals surface area (Å²) in [4.78, 5) is 26.7. The fraction of sp³-hybridized carbons (Fsp3) is 0.556. The van der Waals surface area contributed by atoms with Gasteiger partial charge < -0.3 is 20.3 Å². The van der Waals surface area contributed by atoms with Crippen molar-refractivity contribution in [2.24, 2.45) is 0 Å². The zero-order valence-corrected chi connectivity index (χ0v) is 15.3. The van der Waals surface area contributed by atoms with Crippen LogP contribution in [0.1, 0.15) is 43.0 Å². The number of para-hydroxylation sites is 1. The number of carbonyl (C=O) groups excluding carboxylic acids is 2. The zero-order chi connectivity index (χ0) is 16.8. The van der Waals surface area contributed by atoms with E-state index in [1.165, 1.54) is 12.8 Å². The molecule has 6 nitrogen and oxygen atoms in total. The average Bonchev–Trinajstić information content (AvgIpc) is 2.92. The van der Waals surface area contributed by atoms with Gasteiger partial charge in [-0.25, -0.2) is 0 Å². The number of fused-ring (bicyclic) bond motifs is 3. The maximum Gasteiger partial charge on any atom is 0.265 e. The van der Waals surface area contributed by atoms with Crippen molar-refractivity contribution in [1.29, 1.82) is 0 Å². The summed E-state index contributed by atoms with van der Waals surface area (Å²) in [5, 5.41) is 6.41. The van der Waals surface area contributed by atoms with E-state index in [4.69, 9.17) is 4.74 Å². The maximum atomic E-state index is 13.1. The molecule has 3 aliphatic heterocycles. The SMILES string of the molecule is CC1Oc2c(cccc2C(=O)N(C)C2CC3CCC(C2)N3)NC1=O.Cl. The second kappa shape index (κ2) is 6.84. The Morgan fingerprint density at radius 3 is 2.60 bits per heavy atom. The number of ether oxygens (including phenoxy) is 1. The smallest absolute Gasteiger partial charge is 0.265 e. The third-order valence-corrected chi connectivity index (χ3v) is 5.48. The molecule has 1 aromatic rings. The van der Waals surface area contributed by atoms with Crippen LogP contribution in [0.2, 0.25) is 0 Å². The van der Waals surface area contributed by atoms with Gasteiger partial charge >= 0.3 is 0 Å². The average molecular weight is 366 g/mol. The number of halogens is 1. The summed E-state index contributed by atoms with van der Waals surface area (Å²) in [5.41, 5.74) is 1.09. The van der Waals surface area contributed by atoms with E-state index in [1.54, 1.807) is 25.1 Å². The number of nitrogens with one attached hydrogen (secondary N) is 2. The van der Waals surface area contributed by atoms with Gasteiger partial charge in [0.15, 0.2) is 11.9 Å². The standard InChI is InChI=1S/C18H23N3O3.ClH/c1-10-17(22)20-15-5-3-4-14(16(15)24-10)18(23)21(2)13-8-11-6-7-12(9-13)19-11;/h3-5,10-13,19H,6-9H2,1-2H3,(H,20,22);1H. The van der Waals surface area contributed by atoms with Crippen LogP contribution in [0, 0.1) is 0 Å². The summed E-state index contributed by atoms with van der Waals surface area (Å²) in [7, 11) is 1.88. The van der Waals surface area contributed by atoms with Crippen molar-refractivity contribution < 1.29 is 14.3 Å². The Balaban J connectivity index is 0.00000182. The fourth-order valence-electron chi connectivity index (χ4n) is 4.09. The van der Waals surface area contributed by atoms with Gasteiger partial charge in [-0.05, 0) is 44.7 Å². The predicted molar refractivity (Wildman–Crippen MR) is 97.5 cm³/mol. The molecule has 25 heavy (non-hydrogen) atoms. The Hall–Kier alpha value is -1.79. The van der Waals surface area contributed by atoms with E-state index in [0.29, 0.717) is 29.1 Å². The van der Waals surface area contributed by atoms with E-state index in [9.17, 15) is 9.59 Å². The molecule has 2 N–H and O–H groups in total. The summed E-state index contributed by atoms with van der Waals surface area (Å²) in [6.45, 7) is 1.69. The first kappa shape index (κ1) is 18.0. The molecule has 3 atom stereocenters. The molecular weight excluding hydrogens is 342 g/mol. The largest absolute Gasteiger partial charge is 0.478 e. The molecule has 0 aromatic heterocycles. The second-order valence-electron chi connectivity index (χ2n) is 7.11.